The molecule has 0 radical (unpaired) electrons. The second kappa shape index (κ2) is 16.0. The number of allylic oxidation sites excluding steroid dienone is 2. The maximum Gasteiger partial charge on any atom is 0.149 e. The Morgan fingerprint density at radius 2 is 1.80 bits per heavy atom. The Kier molecular flexibility index (Phi) is 11.9. The molecule has 0 bridgehead atoms. The Bertz CT molecular complexity index is 1590. The van der Waals surface area contributed by atoms with Crippen molar-refractivity contribution in [3.63, 3.8) is 0 Å². The van der Waals surface area contributed by atoms with Gasteiger partial charge < -0.3 is 25.0 Å². The fraction of sp³-hybridized carbons (Fsp3) is 0.325. The van der Waals surface area contributed by atoms with Crippen molar-refractivity contribution in [2.75, 3.05) is 35.2 Å². The monoisotopic (exact) mass is 616 g/mol. The van der Waals surface area contributed by atoms with E-state index in [1.807, 2.05) is 17.8 Å². The van der Waals surface area contributed by atoms with Gasteiger partial charge in [-0.2, -0.15) is 0 Å². The Balaban J connectivity index is 1.47. The maximum absolute atomic E-state index is 4.59. The first kappa shape index (κ1) is 34.2. The lowest BCUT2D eigenvalue weighted by Crippen LogP contribution is -2.25. The van der Waals surface area contributed by atoms with Crippen molar-refractivity contribution in [2.24, 2.45) is 7.05 Å². The summed E-state index contributed by atoms with van der Waals surface area (Å²) in [5.74, 6) is 1.64. The van der Waals surface area contributed by atoms with Crippen LogP contribution >= 0.6 is 0 Å². The molecule has 242 valence electrons. The van der Waals surface area contributed by atoms with Gasteiger partial charge in [0.25, 0.3) is 0 Å². The Hall–Kier alpha value is -4.71. The number of aromatic nitrogens is 2. The van der Waals surface area contributed by atoms with Gasteiger partial charge in [-0.3, -0.25) is 0 Å². The zero-order valence-electron chi connectivity index (χ0n) is 28.3. The molecule has 2 heterocycles. The standard InChI is InChI=1S/C40H52N6/c1-10-40-43-39(28-44(40)9)42-31(6)15-13-14-16-35-26-38(37(25-30(35)5)33(8)45-24-23-29(4)27-45)46(12-3)32(7)17-18-34-19-21-36(22-20-34)41-11-2/h10-11,19-22,25-26,28,41-42H,1-2,4,6-8,12-18,23-24,27H2,3,5,9H3. The van der Waals surface area contributed by atoms with Crippen molar-refractivity contribution in [1.29, 1.82) is 0 Å². The largest absolute Gasteiger partial charge is 0.367 e. The van der Waals surface area contributed by atoms with Crippen LogP contribution in [0.5, 0.6) is 0 Å². The first-order valence-corrected chi connectivity index (χ1v) is 16.4. The van der Waals surface area contributed by atoms with Crippen LogP contribution in [0.25, 0.3) is 11.8 Å². The molecule has 0 unspecified atom stereocenters. The molecule has 3 aromatic rings. The topological polar surface area (TPSA) is 48.4 Å². The molecule has 4 rings (SSSR count). The second-order valence-electron chi connectivity index (χ2n) is 12.3. The van der Waals surface area contributed by atoms with Crippen molar-refractivity contribution >= 4 is 29.0 Å². The second-order valence-corrected chi connectivity index (χ2v) is 12.3. The molecule has 0 aliphatic carbocycles. The van der Waals surface area contributed by atoms with Crippen LogP contribution in [-0.2, 0) is 19.9 Å². The number of likely N-dealkylation sites (tertiary alicyclic amines) is 1. The third-order valence-electron chi connectivity index (χ3n) is 8.78. The van der Waals surface area contributed by atoms with Gasteiger partial charge in [-0.1, -0.05) is 57.2 Å². The summed E-state index contributed by atoms with van der Waals surface area (Å²) in [5.41, 5.74) is 11.8. The zero-order valence-corrected chi connectivity index (χ0v) is 28.3. The van der Waals surface area contributed by atoms with E-state index in [0.717, 1.165) is 99.0 Å². The number of anilines is 3. The molecular formula is C40H52N6. The fourth-order valence-electron chi connectivity index (χ4n) is 6.09. The van der Waals surface area contributed by atoms with Crippen LogP contribution in [0.2, 0.25) is 0 Å². The zero-order chi connectivity index (χ0) is 33.2. The molecule has 0 saturated carbocycles. The molecule has 1 saturated heterocycles. The quantitative estimate of drug-likeness (QED) is 0.110. The average molecular weight is 617 g/mol. The number of aryl methyl sites for hydroxylation is 4. The molecule has 2 N–H and O–H groups in total. The summed E-state index contributed by atoms with van der Waals surface area (Å²) >= 11 is 0. The minimum absolute atomic E-state index is 0.807. The van der Waals surface area contributed by atoms with Gasteiger partial charge in [0.15, 0.2) is 0 Å². The average Bonchev–Trinajstić information content (AvgIpc) is 3.64. The van der Waals surface area contributed by atoms with Crippen LogP contribution < -0.4 is 15.5 Å². The molecule has 1 aromatic heterocycles. The number of nitrogens with zero attached hydrogens (tertiary/aromatic N) is 4. The van der Waals surface area contributed by atoms with Gasteiger partial charge in [0, 0.05) is 61.2 Å². The molecular weight excluding hydrogens is 564 g/mol. The van der Waals surface area contributed by atoms with E-state index in [0.29, 0.717) is 0 Å². The van der Waals surface area contributed by atoms with Gasteiger partial charge in [-0.05, 0) is 112 Å². The molecule has 0 atom stereocenters. The first-order chi connectivity index (χ1) is 22.1. The highest BCUT2D eigenvalue weighted by molar-refractivity contribution is 5.78. The third-order valence-corrected chi connectivity index (χ3v) is 8.78. The number of unbranched alkanes of at least 4 members (excludes halogenated alkanes) is 1. The SMILES string of the molecule is C=CNc1ccc(CCC(=C)N(CC)c2cc(CCCCC(=C)Nc3cn(C)c(C=C)n3)c(C)cc2C(=C)N2CCC(=C)C2)cc1. The number of rotatable bonds is 18. The molecule has 0 spiro atoms. The van der Waals surface area contributed by atoms with E-state index in [1.165, 1.54) is 33.5 Å². The van der Waals surface area contributed by atoms with Crippen LogP contribution in [0.1, 0.15) is 67.1 Å². The smallest absolute Gasteiger partial charge is 0.149 e. The lowest BCUT2D eigenvalue weighted by atomic mass is 9.95. The Morgan fingerprint density at radius 3 is 2.43 bits per heavy atom. The Labute approximate surface area is 277 Å². The minimum atomic E-state index is 0.807. The number of hydrogen-bond acceptors (Lipinski definition) is 5. The number of hydrogen-bond donors (Lipinski definition) is 2. The summed E-state index contributed by atoms with van der Waals surface area (Å²) in [7, 11) is 1.97. The van der Waals surface area contributed by atoms with E-state index in [4.69, 9.17) is 0 Å². The van der Waals surface area contributed by atoms with Gasteiger partial charge in [0.05, 0.1) is 5.69 Å². The fourth-order valence-corrected chi connectivity index (χ4v) is 6.09. The van der Waals surface area contributed by atoms with E-state index < -0.39 is 0 Å². The van der Waals surface area contributed by atoms with E-state index >= 15 is 0 Å². The molecule has 2 aromatic carbocycles. The van der Waals surface area contributed by atoms with Crippen molar-refractivity contribution in [3.05, 3.63) is 133 Å². The van der Waals surface area contributed by atoms with Gasteiger partial charge >= 0.3 is 0 Å². The molecule has 1 aliphatic rings. The molecule has 1 aliphatic heterocycles. The molecule has 1 fully saturated rings. The van der Waals surface area contributed by atoms with Gasteiger partial charge in [0.2, 0.25) is 0 Å². The van der Waals surface area contributed by atoms with Crippen molar-refractivity contribution in [2.45, 2.75) is 58.8 Å². The van der Waals surface area contributed by atoms with Gasteiger partial charge in [0.1, 0.15) is 11.6 Å². The van der Waals surface area contributed by atoms with E-state index in [-0.39, 0.29) is 0 Å². The highest BCUT2D eigenvalue weighted by Gasteiger charge is 2.23. The molecule has 6 nitrogen and oxygen atoms in total. The third kappa shape index (κ3) is 8.72. The lowest BCUT2D eigenvalue weighted by Gasteiger charge is -2.32. The summed E-state index contributed by atoms with van der Waals surface area (Å²) in [5, 5.41) is 6.50. The highest BCUT2D eigenvalue weighted by atomic mass is 15.2. The van der Waals surface area contributed by atoms with Crippen LogP contribution in [0.3, 0.4) is 0 Å². The Morgan fingerprint density at radius 1 is 1.04 bits per heavy atom. The van der Waals surface area contributed by atoms with Gasteiger partial charge in [-0.15, -0.1) is 0 Å². The van der Waals surface area contributed by atoms with E-state index in [1.54, 1.807) is 12.3 Å². The van der Waals surface area contributed by atoms with Crippen molar-refractivity contribution in [1.82, 2.24) is 14.5 Å². The highest BCUT2D eigenvalue weighted by Crippen LogP contribution is 2.36. The maximum atomic E-state index is 4.59. The van der Waals surface area contributed by atoms with Crippen molar-refractivity contribution in [3.8, 4) is 0 Å². The summed E-state index contributed by atoms with van der Waals surface area (Å²) in [6.07, 6.45) is 12.2. The normalized spacial score (nSPS) is 12.6. The predicted molar refractivity (Wildman–Crippen MR) is 200 cm³/mol. The van der Waals surface area contributed by atoms with Crippen LogP contribution in [0.4, 0.5) is 17.2 Å². The van der Waals surface area contributed by atoms with Crippen molar-refractivity contribution < 1.29 is 0 Å². The number of benzene rings is 2. The first-order valence-electron chi connectivity index (χ1n) is 16.4. The summed E-state index contributed by atoms with van der Waals surface area (Å²) in [6, 6.07) is 13.3. The number of nitrogens with one attached hydrogen (secondary N) is 2. The van der Waals surface area contributed by atoms with E-state index in [2.05, 4.69) is 115 Å². The molecule has 46 heavy (non-hydrogen) atoms. The van der Waals surface area contributed by atoms with Crippen LogP contribution in [0.15, 0.2) is 105 Å². The van der Waals surface area contributed by atoms with Crippen LogP contribution in [-0.4, -0.2) is 34.1 Å². The van der Waals surface area contributed by atoms with Gasteiger partial charge in [-0.25, -0.2) is 4.98 Å². The summed E-state index contributed by atoms with van der Waals surface area (Å²) in [6.45, 7) is 32.3. The van der Waals surface area contributed by atoms with Crippen LogP contribution in [0, 0.1) is 6.92 Å². The number of imidazole rings is 1. The molecule has 6 heteroatoms. The van der Waals surface area contributed by atoms with E-state index in [9.17, 15) is 0 Å². The summed E-state index contributed by atoms with van der Waals surface area (Å²) in [4.78, 5) is 9.30. The summed E-state index contributed by atoms with van der Waals surface area (Å²) < 4.78 is 1.95. The lowest BCUT2D eigenvalue weighted by molar-refractivity contribution is 0.502. The predicted octanol–water partition coefficient (Wildman–Crippen LogP) is 9.47. The molecule has 0 amide bonds. The minimum Gasteiger partial charge on any atom is -0.367 e.